The van der Waals surface area contributed by atoms with Gasteiger partial charge in [-0.05, 0) is 63.4 Å². The number of nitrogens with zero attached hydrogens (tertiary/aromatic N) is 3. The minimum absolute atomic E-state index is 0.661. The Hall–Kier alpha value is -6.62. The zero-order valence-electron chi connectivity index (χ0n) is 28.0. The molecular formula is C48H29N3S. The maximum atomic E-state index is 5.51. The second-order valence-electron chi connectivity index (χ2n) is 13.3. The van der Waals surface area contributed by atoms with E-state index >= 15 is 0 Å². The molecule has 3 aromatic heterocycles. The first-order chi connectivity index (χ1) is 25.8. The smallest absolute Gasteiger partial charge is 0.235 e. The fourth-order valence-corrected chi connectivity index (χ4v) is 9.32. The molecule has 3 heterocycles. The van der Waals surface area contributed by atoms with Gasteiger partial charge in [-0.2, -0.15) is 0 Å². The molecule has 0 aliphatic rings. The molecule has 0 fully saturated rings. The normalized spacial score (nSPS) is 11.8. The fraction of sp³-hybridized carbons (Fsp3) is 0. The van der Waals surface area contributed by atoms with Crippen molar-refractivity contribution in [3.05, 3.63) is 176 Å². The van der Waals surface area contributed by atoms with E-state index in [1.807, 2.05) is 11.3 Å². The van der Waals surface area contributed by atoms with Gasteiger partial charge in [-0.3, -0.25) is 4.57 Å². The van der Waals surface area contributed by atoms with Crippen LogP contribution in [0.15, 0.2) is 176 Å². The summed E-state index contributed by atoms with van der Waals surface area (Å²) >= 11 is 1.87. The van der Waals surface area contributed by atoms with Gasteiger partial charge in [0.25, 0.3) is 0 Å². The van der Waals surface area contributed by atoms with E-state index in [0.29, 0.717) is 5.95 Å². The van der Waals surface area contributed by atoms with Gasteiger partial charge in [0.2, 0.25) is 5.95 Å². The van der Waals surface area contributed by atoms with Crippen molar-refractivity contribution in [2.45, 2.75) is 0 Å². The highest BCUT2D eigenvalue weighted by Crippen LogP contribution is 2.47. The molecule has 3 nitrogen and oxygen atoms in total. The average Bonchev–Trinajstić information content (AvgIpc) is 3.77. The van der Waals surface area contributed by atoms with Crippen molar-refractivity contribution in [3.63, 3.8) is 0 Å². The molecule has 0 atom stereocenters. The van der Waals surface area contributed by atoms with Gasteiger partial charge in [0.05, 0.1) is 22.2 Å². The Morgan fingerprint density at radius 2 is 1.06 bits per heavy atom. The summed E-state index contributed by atoms with van der Waals surface area (Å²) in [6, 6.07) is 62.9. The first-order valence-corrected chi connectivity index (χ1v) is 18.4. The van der Waals surface area contributed by atoms with Gasteiger partial charge in [0.1, 0.15) is 0 Å². The van der Waals surface area contributed by atoms with Gasteiger partial charge < -0.3 is 0 Å². The Kier molecular flexibility index (Phi) is 6.42. The Morgan fingerprint density at radius 1 is 0.404 bits per heavy atom. The van der Waals surface area contributed by atoms with E-state index in [2.05, 4.69) is 180 Å². The predicted octanol–water partition coefficient (Wildman–Crippen LogP) is 13.2. The first kappa shape index (κ1) is 29.1. The Balaban J connectivity index is 1.29. The molecular weight excluding hydrogens is 651 g/mol. The van der Waals surface area contributed by atoms with Crippen molar-refractivity contribution < 1.29 is 0 Å². The molecule has 0 aliphatic carbocycles. The maximum Gasteiger partial charge on any atom is 0.235 e. The minimum atomic E-state index is 0.661. The van der Waals surface area contributed by atoms with Crippen LogP contribution < -0.4 is 0 Å². The van der Waals surface area contributed by atoms with Crippen LogP contribution in [0.2, 0.25) is 0 Å². The molecule has 11 aromatic rings. The molecule has 0 saturated heterocycles. The van der Waals surface area contributed by atoms with Crippen molar-refractivity contribution in [2.75, 3.05) is 0 Å². The maximum absolute atomic E-state index is 5.51. The summed E-state index contributed by atoms with van der Waals surface area (Å²) in [6.07, 6.45) is 0. The van der Waals surface area contributed by atoms with Crippen LogP contribution in [0.1, 0.15) is 0 Å². The number of aromatic nitrogens is 3. The van der Waals surface area contributed by atoms with E-state index in [0.717, 1.165) is 38.8 Å². The third kappa shape index (κ3) is 4.38. The van der Waals surface area contributed by atoms with E-state index < -0.39 is 0 Å². The number of para-hydroxylation sites is 1. The molecule has 0 unspecified atom stereocenters. The van der Waals surface area contributed by atoms with Crippen LogP contribution in [-0.4, -0.2) is 14.5 Å². The molecule has 0 saturated carbocycles. The minimum Gasteiger partial charge on any atom is -0.278 e. The van der Waals surface area contributed by atoms with E-state index in [9.17, 15) is 0 Å². The molecule has 8 aromatic carbocycles. The van der Waals surface area contributed by atoms with E-state index in [-0.39, 0.29) is 0 Å². The lowest BCUT2D eigenvalue weighted by Gasteiger charge is -2.14. The number of thiophene rings is 1. The lowest BCUT2D eigenvalue weighted by molar-refractivity contribution is 1.01. The summed E-state index contributed by atoms with van der Waals surface area (Å²) in [5.41, 5.74) is 9.79. The lowest BCUT2D eigenvalue weighted by atomic mass is 9.94. The van der Waals surface area contributed by atoms with E-state index in [1.54, 1.807) is 0 Å². The standard InChI is InChI=1S/C48H29N3S/c1-3-14-30(15-4-1)32-18-13-19-33(28-32)46-38-23-9-11-24-40(38)49-48(50-46)51-41-27-26-37-35-21-10-12-25-43(35)52-47(37)45(41)44-36-22-8-7-20-34(36)39(29-42(44)51)31-16-5-2-6-17-31/h1-29H. The summed E-state index contributed by atoms with van der Waals surface area (Å²) in [4.78, 5) is 10.9. The Bertz CT molecular complexity index is 3180. The number of benzene rings is 8. The van der Waals surface area contributed by atoms with Crippen LogP contribution in [-0.2, 0) is 0 Å². The second kappa shape index (κ2) is 11.5. The molecule has 0 radical (unpaired) electrons. The third-order valence-corrected chi connectivity index (χ3v) is 11.6. The Labute approximate surface area is 303 Å². The van der Waals surface area contributed by atoms with Gasteiger partial charge in [-0.25, -0.2) is 9.97 Å². The largest absolute Gasteiger partial charge is 0.278 e. The lowest BCUT2D eigenvalue weighted by Crippen LogP contribution is -2.03. The van der Waals surface area contributed by atoms with Gasteiger partial charge in [-0.1, -0.05) is 146 Å². The van der Waals surface area contributed by atoms with Crippen LogP contribution in [0, 0.1) is 0 Å². The monoisotopic (exact) mass is 679 g/mol. The van der Waals surface area contributed by atoms with Gasteiger partial charge in [-0.15, -0.1) is 11.3 Å². The van der Waals surface area contributed by atoms with Crippen LogP contribution in [0.5, 0.6) is 0 Å². The molecule has 52 heavy (non-hydrogen) atoms. The molecule has 0 spiro atoms. The van der Waals surface area contributed by atoms with Crippen molar-refractivity contribution in [1.82, 2.24) is 14.5 Å². The number of hydrogen-bond donors (Lipinski definition) is 0. The summed E-state index contributed by atoms with van der Waals surface area (Å²) in [5.74, 6) is 0.661. The summed E-state index contributed by atoms with van der Waals surface area (Å²) in [6.45, 7) is 0. The van der Waals surface area contributed by atoms with E-state index in [4.69, 9.17) is 9.97 Å². The third-order valence-electron chi connectivity index (χ3n) is 10.4. The summed E-state index contributed by atoms with van der Waals surface area (Å²) in [5, 5.41) is 8.53. The molecule has 0 bridgehead atoms. The second-order valence-corrected chi connectivity index (χ2v) is 14.4. The summed E-state index contributed by atoms with van der Waals surface area (Å²) in [7, 11) is 0. The van der Waals surface area contributed by atoms with Crippen LogP contribution in [0.3, 0.4) is 0 Å². The van der Waals surface area contributed by atoms with Crippen LogP contribution in [0.25, 0.3) is 103 Å². The molecule has 0 amide bonds. The van der Waals surface area contributed by atoms with Crippen LogP contribution >= 0.6 is 11.3 Å². The van der Waals surface area contributed by atoms with Crippen molar-refractivity contribution in [3.8, 4) is 39.5 Å². The fourth-order valence-electron chi connectivity index (χ4n) is 8.07. The zero-order chi connectivity index (χ0) is 34.2. The number of fused-ring (bicyclic) bond motifs is 10. The number of rotatable bonds is 4. The predicted molar refractivity (Wildman–Crippen MR) is 221 cm³/mol. The van der Waals surface area contributed by atoms with Crippen molar-refractivity contribution in [1.29, 1.82) is 0 Å². The molecule has 242 valence electrons. The Morgan fingerprint density at radius 3 is 1.88 bits per heavy atom. The SMILES string of the molecule is c1ccc(-c2cccc(-c3nc(-n4c5cc(-c6ccccc6)c6ccccc6c5c5c6sc7ccccc7c6ccc54)nc4ccccc34)c2)cc1. The zero-order valence-corrected chi connectivity index (χ0v) is 28.8. The highest BCUT2D eigenvalue weighted by Gasteiger charge is 2.23. The average molecular weight is 680 g/mol. The molecule has 0 N–H and O–H groups in total. The molecule has 4 heteroatoms. The molecule has 11 rings (SSSR count). The quantitative estimate of drug-likeness (QED) is 0.185. The highest BCUT2D eigenvalue weighted by atomic mass is 32.1. The van der Waals surface area contributed by atoms with Crippen LogP contribution in [0.4, 0.5) is 0 Å². The van der Waals surface area contributed by atoms with Gasteiger partial charge in [0, 0.05) is 41.9 Å². The van der Waals surface area contributed by atoms with Crippen molar-refractivity contribution in [2.24, 2.45) is 0 Å². The first-order valence-electron chi connectivity index (χ1n) is 17.6. The van der Waals surface area contributed by atoms with E-state index in [1.165, 1.54) is 58.4 Å². The number of hydrogen-bond acceptors (Lipinski definition) is 3. The molecule has 0 aliphatic heterocycles. The topological polar surface area (TPSA) is 30.7 Å². The highest BCUT2D eigenvalue weighted by molar-refractivity contribution is 7.26. The van der Waals surface area contributed by atoms with Gasteiger partial charge in [0.15, 0.2) is 0 Å². The van der Waals surface area contributed by atoms with Crippen molar-refractivity contribution >= 4 is 75.0 Å². The summed E-state index contributed by atoms with van der Waals surface area (Å²) < 4.78 is 4.89. The van der Waals surface area contributed by atoms with Gasteiger partial charge >= 0.3 is 0 Å².